The lowest BCUT2D eigenvalue weighted by molar-refractivity contribution is 0.954. The van der Waals surface area contributed by atoms with Crippen LogP contribution in [0.1, 0.15) is 17.0 Å². The Morgan fingerprint density at radius 2 is 2.20 bits per heavy atom. The average molecular weight is 198 g/mol. The van der Waals surface area contributed by atoms with Crippen LogP contribution in [0.4, 0.5) is 0 Å². The van der Waals surface area contributed by atoms with Gasteiger partial charge in [-0.15, -0.1) is 0 Å². The lowest BCUT2D eigenvalue weighted by atomic mass is 10.2. The molecule has 0 fully saturated rings. The maximum Gasteiger partial charge on any atom is 0.0638 e. The number of aryl methyl sites for hydroxylation is 1. The summed E-state index contributed by atoms with van der Waals surface area (Å²) in [6, 6.07) is 6.14. The number of hydrogen-bond donors (Lipinski definition) is 0. The summed E-state index contributed by atoms with van der Waals surface area (Å²) >= 11 is 0. The Morgan fingerprint density at radius 3 is 2.73 bits per heavy atom. The molecule has 15 heavy (non-hydrogen) atoms. The van der Waals surface area contributed by atoms with E-state index in [2.05, 4.69) is 42.1 Å². The maximum absolute atomic E-state index is 4.13. The number of hydrogen-bond acceptors (Lipinski definition) is 1. The highest BCUT2D eigenvalue weighted by Gasteiger charge is 2.07. The lowest BCUT2D eigenvalue weighted by Crippen LogP contribution is -1.99. The van der Waals surface area contributed by atoms with E-state index in [9.17, 15) is 0 Å². The molecule has 2 heteroatoms. The zero-order chi connectivity index (χ0) is 10.8. The van der Waals surface area contributed by atoms with Crippen molar-refractivity contribution in [1.82, 2.24) is 9.55 Å². The summed E-state index contributed by atoms with van der Waals surface area (Å²) in [4.78, 5) is 4.13. The molecule has 0 aliphatic carbocycles. The van der Waals surface area contributed by atoms with Crippen LogP contribution in [0.5, 0.6) is 0 Å². The molecular formula is C13H14N2. The Hall–Kier alpha value is -1.83. The van der Waals surface area contributed by atoms with E-state index in [1.807, 2.05) is 18.3 Å². The summed E-state index contributed by atoms with van der Waals surface area (Å²) in [6.45, 7) is 8.00. The van der Waals surface area contributed by atoms with Gasteiger partial charge in [0.1, 0.15) is 0 Å². The van der Waals surface area contributed by atoms with Crippen molar-refractivity contribution in [2.24, 2.45) is 0 Å². The molecule has 0 bridgehead atoms. The summed E-state index contributed by atoms with van der Waals surface area (Å²) < 4.78 is 2.18. The number of nitrogens with zero attached hydrogens (tertiary/aromatic N) is 2. The fourth-order valence-electron chi connectivity index (χ4n) is 1.88. The van der Waals surface area contributed by atoms with Gasteiger partial charge in [-0.1, -0.05) is 12.7 Å². The molecule has 2 rings (SSSR count). The highest BCUT2D eigenvalue weighted by molar-refractivity contribution is 5.54. The minimum absolute atomic E-state index is 1.10. The predicted octanol–water partition coefficient (Wildman–Crippen LogP) is 3.13. The molecule has 2 aromatic rings. The van der Waals surface area contributed by atoms with Gasteiger partial charge in [-0.3, -0.25) is 4.98 Å². The molecule has 0 amide bonds. The molecule has 0 saturated heterocycles. The third-order valence-corrected chi connectivity index (χ3v) is 2.59. The van der Waals surface area contributed by atoms with Gasteiger partial charge in [0.25, 0.3) is 0 Å². The predicted molar refractivity (Wildman–Crippen MR) is 63.1 cm³/mol. The van der Waals surface area contributed by atoms with E-state index < -0.39 is 0 Å². The van der Waals surface area contributed by atoms with Gasteiger partial charge in [0.2, 0.25) is 0 Å². The zero-order valence-electron chi connectivity index (χ0n) is 9.07. The second-order valence-electron chi connectivity index (χ2n) is 3.58. The molecule has 0 aromatic carbocycles. The Labute approximate surface area is 89.9 Å². The van der Waals surface area contributed by atoms with Crippen LogP contribution >= 0.6 is 0 Å². The summed E-state index contributed by atoms with van der Waals surface area (Å²) in [7, 11) is 0. The first-order valence-corrected chi connectivity index (χ1v) is 4.96. The number of aromatic nitrogens is 2. The molecule has 0 aliphatic heterocycles. The topological polar surface area (TPSA) is 17.8 Å². The second kappa shape index (κ2) is 3.73. The van der Waals surface area contributed by atoms with E-state index >= 15 is 0 Å². The molecule has 0 spiro atoms. The molecule has 0 saturated carbocycles. The van der Waals surface area contributed by atoms with Crippen LogP contribution in [-0.4, -0.2) is 9.55 Å². The van der Waals surface area contributed by atoms with Crippen LogP contribution in [0, 0.1) is 13.8 Å². The Morgan fingerprint density at radius 1 is 1.40 bits per heavy atom. The fraction of sp³-hybridized carbons (Fsp3) is 0.154. The zero-order valence-corrected chi connectivity index (χ0v) is 9.07. The molecular weight excluding hydrogens is 184 g/mol. The molecule has 0 radical (unpaired) electrons. The van der Waals surface area contributed by atoms with Gasteiger partial charge in [0, 0.05) is 17.6 Å². The fourth-order valence-corrected chi connectivity index (χ4v) is 1.88. The van der Waals surface area contributed by atoms with E-state index in [-0.39, 0.29) is 0 Å². The first kappa shape index (κ1) is 9.71. The van der Waals surface area contributed by atoms with Crippen LogP contribution in [0.15, 0.2) is 37.2 Å². The molecule has 2 nitrogen and oxygen atoms in total. The van der Waals surface area contributed by atoms with E-state index in [0.717, 1.165) is 5.69 Å². The monoisotopic (exact) mass is 198 g/mol. The smallest absolute Gasteiger partial charge is 0.0638 e. The summed E-state index contributed by atoms with van der Waals surface area (Å²) in [6.07, 6.45) is 5.54. The van der Waals surface area contributed by atoms with E-state index in [1.165, 1.54) is 17.0 Å². The molecule has 0 N–H and O–H groups in total. The van der Waals surface area contributed by atoms with Crippen molar-refractivity contribution in [3.63, 3.8) is 0 Å². The molecule has 76 valence electrons. The van der Waals surface area contributed by atoms with Crippen molar-refractivity contribution >= 4 is 6.08 Å². The average Bonchev–Trinajstić information content (AvgIpc) is 2.55. The van der Waals surface area contributed by atoms with Crippen LogP contribution < -0.4 is 0 Å². The van der Waals surface area contributed by atoms with E-state index in [1.54, 1.807) is 6.20 Å². The van der Waals surface area contributed by atoms with Crippen molar-refractivity contribution < 1.29 is 0 Å². The number of pyridine rings is 1. The molecule has 0 aliphatic rings. The highest BCUT2D eigenvalue weighted by Crippen LogP contribution is 2.20. The van der Waals surface area contributed by atoms with Gasteiger partial charge in [-0.05, 0) is 37.6 Å². The molecule has 2 heterocycles. The van der Waals surface area contributed by atoms with Gasteiger partial charge in [0.15, 0.2) is 0 Å². The standard InChI is InChI=1S/C13H14N2/c1-4-12-8-10(2)15(11(12)3)13-6-5-7-14-9-13/h4-9H,1H2,2-3H3. The van der Waals surface area contributed by atoms with Gasteiger partial charge in [-0.2, -0.15) is 0 Å². The SMILES string of the molecule is C=Cc1cc(C)n(-c2cccnc2)c1C. The van der Waals surface area contributed by atoms with Gasteiger partial charge < -0.3 is 4.57 Å². The lowest BCUT2D eigenvalue weighted by Gasteiger charge is -2.08. The van der Waals surface area contributed by atoms with Gasteiger partial charge >= 0.3 is 0 Å². The van der Waals surface area contributed by atoms with Crippen molar-refractivity contribution in [2.75, 3.05) is 0 Å². The van der Waals surface area contributed by atoms with Crippen LogP contribution in [0.3, 0.4) is 0 Å². The minimum Gasteiger partial charge on any atom is -0.316 e. The van der Waals surface area contributed by atoms with Crippen LogP contribution in [0.2, 0.25) is 0 Å². The minimum atomic E-state index is 1.10. The van der Waals surface area contributed by atoms with Crippen molar-refractivity contribution in [2.45, 2.75) is 13.8 Å². The third kappa shape index (κ3) is 1.59. The van der Waals surface area contributed by atoms with Crippen molar-refractivity contribution in [3.05, 3.63) is 54.1 Å². The first-order chi connectivity index (χ1) is 7.24. The summed E-state index contributed by atoms with van der Waals surface area (Å²) in [5.41, 5.74) is 4.68. The molecule has 0 unspecified atom stereocenters. The van der Waals surface area contributed by atoms with Gasteiger partial charge in [0.05, 0.1) is 11.9 Å². The normalized spacial score (nSPS) is 10.3. The Balaban J connectivity index is 2.63. The van der Waals surface area contributed by atoms with E-state index in [4.69, 9.17) is 0 Å². The Bertz CT molecular complexity index is 481. The largest absolute Gasteiger partial charge is 0.316 e. The molecule has 2 aromatic heterocycles. The van der Waals surface area contributed by atoms with Crippen LogP contribution in [0.25, 0.3) is 11.8 Å². The van der Waals surface area contributed by atoms with E-state index in [0.29, 0.717) is 0 Å². The van der Waals surface area contributed by atoms with Crippen molar-refractivity contribution in [3.8, 4) is 5.69 Å². The Kier molecular flexibility index (Phi) is 2.42. The van der Waals surface area contributed by atoms with Crippen molar-refractivity contribution in [1.29, 1.82) is 0 Å². The number of rotatable bonds is 2. The second-order valence-corrected chi connectivity index (χ2v) is 3.58. The summed E-state index contributed by atoms with van der Waals surface area (Å²) in [5.74, 6) is 0. The first-order valence-electron chi connectivity index (χ1n) is 4.96. The molecule has 0 atom stereocenters. The highest BCUT2D eigenvalue weighted by atomic mass is 15.0. The maximum atomic E-state index is 4.13. The quantitative estimate of drug-likeness (QED) is 0.725. The summed E-state index contributed by atoms with van der Waals surface area (Å²) in [5, 5.41) is 0. The van der Waals surface area contributed by atoms with Crippen LogP contribution in [-0.2, 0) is 0 Å². The third-order valence-electron chi connectivity index (χ3n) is 2.59. The van der Waals surface area contributed by atoms with Gasteiger partial charge in [-0.25, -0.2) is 0 Å².